The third-order valence-corrected chi connectivity index (χ3v) is 6.64. The van der Waals surface area contributed by atoms with Gasteiger partial charge in [-0.2, -0.15) is 5.26 Å². The van der Waals surface area contributed by atoms with Crippen LogP contribution in [0.4, 0.5) is 11.5 Å². The van der Waals surface area contributed by atoms with Crippen LogP contribution in [0, 0.1) is 11.3 Å². The van der Waals surface area contributed by atoms with Gasteiger partial charge in [0.1, 0.15) is 6.07 Å². The summed E-state index contributed by atoms with van der Waals surface area (Å²) in [6.45, 7) is 0. The highest BCUT2D eigenvalue weighted by Gasteiger charge is 2.27. The highest BCUT2D eigenvalue weighted by Crippen LogP contribution is 2.27. The third kappa shape index (κ3) is 4.34. The molecular weight excluding hydrogens is 336 g/mol. The lowest BCUT2D eigenvalue weighted by atomic mass is 10.0. The van der Waals surface area contributed by atoms with Gasteiger partial charge in [-0.25, -0.2) is 18.4 Å². The van der Waals surface area contributed by atoms with Gasteiger partial charge in [-0.05, 0) is 30.5 Å². The zero-order chi connectivity index (χ0) is 17.7. The summed E-state index contributed by atoms with van der Waals surface area (Å²) >= 11 is 0. The molecule has 1 aliphatic carbocycles. The molecule has 0 saturated heterocycles. The van der Waals surface area contributed by atoms with Gasteiger partial charge in [0.2, 0.25) is 0 Å². The molecule has 6 nitrogen and oxygen atoms in total. The number of sulfone groups is 1. The van der Waals surface area contributed by atoms with Gasteiger partial charge in [0.15, 0.2) is 21.3 Å². The van der Waals surface area contributed by atoms with Gasteiger partial charge in [-0.1, -0.05) is 31.4 Å². The number of nitrogens with one attached hydrogen (secondary N) is 1. The number of anilines is 2. The van der Waals surface area contributed by atoms with Crippen LogP contribution in [0.2, 0.25) is 0 Å². The zero-order valence-electron chi connectivity index (χ0n) is 13.9. The fraction of sp³-hybridized carbons (Fsp3) is 0.389. The van der Waals surface area contributed by atoms with Crippen molar-refractivity contribution in [2.45, 2.75) is 43.1 Å². The van der Waals surface area contributed by atoms with Crippen LogP contribution in [-0.2, 0) is 15.6 Å². The van der Waals surface area contributed by atoms with E-state index in [0.29, 0.717) is 11.5 Å². The zero-order valence-corrected chi connectivity index (χ0v) is 14.7. The number of aromatic nitrogens is 2. The van der Waals surface area contributed by atoms with E-state index >= 15 is 0 Å². The van der Waals surface area contributed by atoms with E-state index in [4.69, 9.17) is 5.26 Å². The number of rotatable bonds is 5. The van der Waals surface area contributed by atoms with Gasteiger partial charge in [0.25, 0.3) is 0 Å². The molecule has 0 amide bonds. The molecule has 0 spiro atoms. The predicted octanol–water partition coefficient (Wildman–Crippen LogP) is 3.34. The topological polar surface area (TPSA) is 95.7 Å². The first kappa shape index (κ1) is 17.4. The maximum absolute atomic E-state index is 12.6. The molecule has 1 fully saturated rings. The van der Waals surface area contributed by atoms with Crippen LogP contribution >= 0.6 is 0 Å². The summed E-state index contributed by atoms with van der Waals surface area (Å²) in [4.78, 5) is 8.06. The maximum Gasteiger partial charge on any atom is 0.183 e. The highest BCUT2D eigenvalue weighted by molar-refractivity contribution is 7.91. The van der Waals surface area contributed by atoms with E-state index in [2.05, 4.69) is 15.3 Å². The van der Waals surface area contributed by atoms with Gasteiger partial charge in [-0.3, -0.25) is 0 Å². The number of hydrogen-bond acceptors (Lipinski definition) is 6. The Balaban J connectivity index is 1.76. The molecule has 7 heteroatoms. The molecule has 1 N–H and O–H groups in total. The normalized spacial score (nSPS) is 15.5. The van der Waals surface area contributed by atoms with E-state index in [0.717, 1.165) is 37.7 Å². The minimum Gasteiger partial charge on any atom is -0.338 e. The second kappa shape index (κ2) is 7.62. The molecule has 1 aromatic heterocycles. The van der Waals surface area contributed by atoms with Gasteiger partial charge in [-0.15, -0.1) is 0 Å². The van der Waals surface area contributed by atoms with Crippen LogP contribution in [-0.4, -0.2) is 23.6 Å². The standard InChI is InChI=1S/C18H20N4O2S/c19-12-17-18(21-10-9-20-17)22-15-6-4-5-14(11-15)13-25(23,24)16-7-2-1-3-8-16/h4-6,9-11,16H,1-3,7-8,13H2,(H,21,22). The monoisotopic (exact) mass is 356 g/mol. The molecule has 0 atom stereocenters. The lowest BCUT2D eigenvalue weighted by molar-refractivity contribution is 0.483. The van der Waals surface area contributed by atoms with Crippen LogP contribution in [0.3, 0.4) is 0 Å². The molecule has 3 rings (SSSR count). The Hall–Kier alpha value is -2.46. The summed E-state index contributed by atoms with van der Waals surface area (Å²) in [5.41, 5.74) is 1.62. The van der Waals surface area contributed by atoms with Crippen LogP contribution < -0.4 is 5.32 Å². The molecular formula is C18H20N4O2S. The first-order valence-corrected chi connectivity index (χ1v) is 10.1. The van der Waals surface area contributed by atoms with E-state index in [1.54, 1.807) is 12.1 Å². The highest BCUT2D eigenvalue weighted by atomic mass is 32.2. The van der Waals surface area contributed by atoms with Crippen molar-refractivity contribution in [3.63, 3.8) is 0 Å². The van der Waals surface area contributed by atoms with Crippen molar-refractivity contribution in [3.05, 3.63) is 47.9 Å². The maximum atomic E-state index is 12.6. The number of nitrogens with zero attached hydrogens (tertiary/aromatic N) is 3. The largest absolute Gasteiger partial charge is 0.338 e. The van der Waals surface area contributed by atoms with Crippen molar-refractivity contribution in [1.29, 1.82) is 5.26 Å². The van der Waals surface area contributed by atoms with Crippen molar-refractivity contribution in [1.82, 2.24) is 9.97 Å². The quantitative estimate of drug-likeness (QED) is 0.883. The molecule has 25 heavy (non-hydrogen) atoms. The second-order valence-corrected chi connectivity index (χ2v) is 8.54. The second-order valence-electron chi connectivity index (χ2n) is 6.26. The number of hydrogen-bond donors (Lipinski definition) is 1. The van der Waals surface area contributed by atoms with E-state index in [-0.39, 0.29) is 16.7 Å². The van der Waals surface area contributed by atoms with Crippen LogP contribution in [0.15, 0.2) is 36.7 Å². The van der Waals surface area contributed by atoms with Crippen LogP contribution in [0.5, 0.6) is 0 Å². The van der Waals surface area contributed by atoms with E-state index < -0.39 is 9.84 Å². The minimum atomic E-state index is -3.15. The summed E-state index contributed by atoms with van der Waals surface area (Å²) in [6, 6.07) is 9.19. The van der Waals surface area contributed by atoms with Gasteiger partial charge in [0, 0.05) is 18.1 Å². The average molecular weight is 356 g/mol. The fourth-order valence-electron chi connectivity index (χ4n) is 3.16. The Morgan fingerprint density at radius 2 is 1.92 bits per heavy atom. The molecule has 0 unspecified atom stereocenters. The van der Waals surface area contributed by atoms with Crippen LogP contribution in [0.25, 0.3) is 0 Å². The first-order valence-electron chi connectivity index (χ1n) is 8.37. The summed E-state index contributed by atoms with van der Waals surface area (Å²) < 4.78 is 25.3. The average Bonchev–Trinajstić information content (AvgIpc) is 2.63. The minimum absolute atomic E-state index is 0.0404. The first-order chi connectivity index (χ1) is 12.1. The van der Waals surface area contributed by atoms with Crippen molar-refractivity contribution in [2.75, 3.05) is 5.32 Å². The molecule has 0 radical (unpaired) electrons. The summed E-state index contributed by atoms with van der Waals surface area (Å²) in [7, 11) is -3.15. The van der Waals surface area contributed by atoms with Crippen molar-refractivity contribution in [2.24, 2.45) is 0 Å². The molecule has 0 aliphatic heterocycles. The summed E-state index contributed by atoms with van der Waals surface area (Å²) in [6.07, 6.45) is 7.61. The Kier molecular flexibility index (Phi) is 5.29. The van der Waals surface area contributed by atoms with Gasteiger partial charge in [0.05, 0.1) is 11.0 Å². The smallest absolute Gasteiger partial charge is 0.183 e. The Labute approximate surface area is 147 Å². The van der Waals surface area contributed by atoms with Crippen molar-refractivity contribution < 1.29 is 8.42 Å². The SMILES string of the molecule is N#Cc1nccnc1Nc1cccc(CS(=O)(=O)C2CCCCC2)c1. The summed E-state index contributed by atoms with van der Waals surface area (Å²) in [5, 5.41) is 11.9. The molecule has 1 aromatic carbocycles. The lowest BCUT2D eigenvalue weighted by Gasteiger charge is -2.21. The molecule has 0 bridgehead atoms. The van der Waals surface area contributed by atoms with E-state index in [1.807, 2.05) is 18.2 Å². The Bertz CT molecular complexity index is 884. The predicted molar refractivity (Wildman–Crippen MR) is 96.0 cm³/mol. The van der Waals surface area contributed by atoms with Crippen LogP contribution in [0.1, 0.15) is 43.4 Å². The van der Waals surface area contributed by atoms with E-state index in [9.17, 15) is 8.42 Å². The molecule has 130 valence electrons. The number of benzene rings is 1. The Morgan fingerprint density at radius 3 is 2.68 bits per heavy atom. The molecule has 1 aliphatic rings. The van der Waals surface area contributed by atoms with Gasteiger partial charge >= 0.3 is 0 Å². The van der Waals surface area contributed by atoms with Gasteiger partial charge < -0.3 is 5.32 Å². The molecule has 1 saturated carbocycles. The molecule has 1 heterocycles. The van der Waals surface area contributed by atoms with Crippen molar-refractivity contribution in [3.8, 4) is 6.07 Å². The molecule has 2 aromatic rings. The van der Waals surface area contributed by atoms with E-state index in [1.165, 1.54) is 12.4 Å². The third-order valence-electron chi connectivity index (χ3n) is 4.42. The fourth-order valence-corrected chi connectivity index (χ4v) is 5.09. The summed E-state index contributed by atoms with van der Waals surface area (Å²) in [5.74, 6) is 0.399. The number of nitriles is 1. The van der Waals surface area contributed by atoms with Crippen molar-refractivity contribution >= 4 is 21.3 Å². The Morgan fingerprint density at radius 1 is 1.16 bits per heavy atom. The lowest BCUT2D eigenvalue weighted by Crippen LogP contribution is -2.25.